The Morgan fingerprint density at radius 2 is 1.53 bits per heavy atom. The van der Waals surface area contributed by atoms with Crippen molar-refractivity contribution in [2.45, 2.75) is 45.1 Å². The number of hydrogen-bond acceptors (Lipinski definition) is 4. The van der Waals surface area contributed by atoms with Crippen LogP contribution in [0.15, 0.2) is 0 Å². The Bertz CT molecular complexity index is 194. The van der Waals surface area contributed by atoms with E-state index in [9.17, 15) is 0 Å². The van der Waals surface area contributed by atoms with E-state index >= 15 is 0 Å². The molecule has 1 rings (SSSR count). The van der Waals surface area contributed by atoms with E-state index in [4.69, 9.17) is 14.2 Å². The van der Waals surface area contributed by atoms with Gasteiger partial charge in [0.1, 0.15) is 0 Å². The molecule has 0 aromatic heterocycles. The molecule has 0 aromatic carbocycles. The minimum absolute atomic E-state index is 0.652. The van der Waals surface area contributed by atoms with Crippen LogP contribution in [0.4, 0.5) is 0 Å². The third-order valence-electron chi connectivity index (χ3n) is 3.91. The molecular weight excluding hydrogens is 242 g/mol. The van der Waals surface area contributed by atoms with E-state index in [1.54, 1.807) is 7.11 Å². The Labute approximate surface area is 118 Å². The Balaban J connectivity index is 1.81. The fourth-order valence-corrected chi connectivity index (χ4v) is 2.57. The molecule has 114 valence electrons. The first-order valence-electron chi connectivity index (χ1n) is 7.74. The molecule has 4 nitrogen and oxygen atoms in total. The van der Waals surface area contributed by atoms with E-state index in [0.29, 0.717) is 32.5 Å². The maximum absolute atomic E-state index is 5.52. The van der Waals surface area contributed by atoms with Gasteiger partial charge in [0.2, 0.25) is 0 Å². The number of methoxy groups -OCH3 is 1. The van der Waals surface area contributed by atoms with Gasteiger partial charge < -0.3 is 19.5 Å². The second-order valence-electron chi connectivity index (χ2n) is 5.30. The van der Waals surface area contributed by atoms with Crippen LogP contribution in [0.1, 0.15) is 39.0 Å². The Morgan fingerprint density at radius 1 is 0.895 bits per heavy atom. The SMILES string of the molecule is CCC1CCC(NCCOCCOCCOC)CC1. The van der Waals surface area contributed by atoms with E-state index < -0.39 is 0 Å². The van der Waals surface area contributed by atoms with Crippen LogP contribution in [0.25, 0.3) is 0 Å². The molecule has 1 aliphatic carbocycles. The van der Waals surface area contributed by atoms with E-state index in [-0.39, 0.29) is 0 Å². The minimum Gasteiger partial charge on any atom is -0.382 e. The maximum Gasteiger partial charge on any atom is 0.0701 e. The van der Waals surface area contributed by atoms with E-state index in [0.717, 1.165) is 19.1 Å². The van der Waals surface area contributed by atoms with Crippen molar-refractivity contribution in [2.75, 3.05) is 46.7 Å². The predicted molar refractivity (Wildman–Crippen MR) is 77.6 cm³/mol. The Hall–Kier alpha value is -0.160. The molecule has 0 amide bonds. The number of nitrogens with one attached hydrogen (secondary N) is 1. The van der Waals surface area contributed by atoms with Crippen LogP contribution in [-0.4, -0.2) is 52.7 Å². The number of rotatable bonds is 11. The summed E-state index contributed by atoms with van der Waals surface area (Å²) in [4.78, 5) is 0. The topological polar surface area (TPSA) is 39.7 Å². The summed E-state index contributed by atoms with van der Waals surface area (Å²) in [7, 11) is 1.68. The van der Waals surface area contributed by atoms with Gasteiger partial charge in [-0.1, -0.05) is 13.3 Å². The van der Waals surface area contributed by atoms with Gasteiger partial charge in [-0.05, 0) is 31.6 Å². The van der Waals surface area contributed by atoms with Crippen LogP contribution in [0.3, 0.4) is 0 Å². The molecule has 1 N–H and O–H groups in total. The van der Waals surface area contributed by atoms with Gasteiger partial charge in [-0.3, -0.25) is 0 Å². The Morgan fingerprint density at radius 3 is 2.16 bits per heavy atom. The lowest BCUT2D eigenvalue weighted by atomic mass is 9.84. The van der Waals surface area contributed by atoms with Gasteiger partial charge >= 0.3 is 0 Å². The van der Waals surface area contributed by atoms with Crippen LogP contribution in [0.2, 0.25) is 0 Å². The van der Waals surface area contributed by atoms with Gasteiger partial charge in [-0.25, -0.2) is 0 Å². The van der Waals surface area contributed by atoms with Gasteiger partial charge in [-0.15, -0.1) is 0 Å². The second kappa shape index (κ2) is 11.6. The lowest BCUT2D eigenvalue weighted by molar-refractivity contribution is 0.0249. The maximum atomic E-state index is 5.52. The van der Waals surface area contributed by atoms with Gasteiger partial charge in [-0.2, -0.15) is 0 Å². The second-order valence-corrected chi connectivity index (χ2v) is 5.30. The highest BCUT2D eigenvalue weighted by atomic mass is 16.5. The van der Waals surface area contributed by atoms with Gasteiger partial charge in [0.15, 0.2) is 0 Å². The van der Waals surface area contributed by atoms with E-state index in [2.05, 4.69) is 12.2 Å². The number of hydrogen-bond donors (Lipinski definition) is 1. The third kappa shape index (κ3) is 8.58. The normalized spacial score (nSPS) is 23.7. The van der Waals surface area contributed by atoms with Crippen LogP contribution in [-0.2, 0) is 14.2 Å². The minimum atomic E-state index is 0.652. The van der Waals surface area contributed by atoms with Gasteiger partial charge in [0, 0.05) is 19.7 Å². The largest absolute Gasteiger partial charge is 0.382 e. The van der Waals surface area contributed by atoms with Crippen molar-refractivity contribution in [3.63, 3.8) is 0 Å². The van der Waals surface area contributed by atoms with Crippen molar-refractivity contribution in [1.29, 1.82) is 0 Å². The quantitative estimate of drug-likeness (QED) is 0.586. The highest BCUT2D eigenvalue weighted by Crippen LogP contribution is 2.26. The van der Waals surface area contributed by atoms with Crippen molar-refractivity contribution in [3.05, 3.63) is 0 Å². The summed E-state index contributed by atoms with van der Waals surface area (Å²) < 4.78 is 15.7. The van der Waals surface area contributed by atoms with Crippen molar-refractivity contribution in [3.8, 4) is 0 Å². The lowest BCUT2D eigenvalue weighted by Gasteiger charge is -2.28. The fourth-order valence-electron chi connectivity index (χ4n) is 2.57. The molecule has 0 atom stereocenters. The molecule has 0 saturated heterocycles. The van der Waals surface area contributed by atoms with E-state index in [1.165, 1.54) is 32.1 Å². The first-order chi connectivity index (χ1) is 9.36. The molecule has 0 radical (unpaired) electrons. The van der Waals surface area contributed by atoms with Gasteiger partial charge in [0.05, 0.1) is 33.0 Å². The van der Waals surface area contributed by atoms with Crippen LogP contribution in [0.5, 0.6) is 0 Å². The summed E-state index contributed by atoms with van der Waals surface area (Å²) in [5.74, 6) is 0.971. The zero-order valence-corrected chi connectivity index (χ0v) is 12.7. The average Bonchev–Trinajstić information content (AvgIpc) is 2.46. The molecule has 4 heteroatoms. The highest BCUT2D eigenvalue weighted by Gasteiger charge is 2.18. The zero-order valence-electron chi connectivity index (χ0n) is 12.7. The molecule has 0 spiro atoms. The molecule has 0 heterocycles. The summed E-state index contributed by atoms with van der Waals surface area (Å²) >= 11 is 0. The monoisotopic (exact) mass is 273 g/mol. The molecule has 0 aromatic rings. The molecule has 0 unspecified atom stereocenters. The lowest BCUT2D eigenvalue weighted by Crippen LogP contribution is -2.35. The van der Waals surface area contributed by atoms with Crippen LogP contribution < -0.4 is 5.32 Å². The molecule has 1 saturated carbocycles. The summed E-state index contributed by atoms with van der Waals surface area (Å²) in [6, 6.07) is 0.712. The van der Waals surface area contributed by atoms with Crippen molar-refractivity contribution >= 4 is 0 Å². The summed E-state index contributed by atoms with van der Waals surface area (Å²) in [5, 5.41) is 3.59. The van der Waals surface area contributed by atoms with Crippen LogP contribution >= 0.6 is 0 Å². The van der Waals surface area contributed by atoms with Gasteiger partial charge in [0.25, 0.3) is 0 Å². The van der Waals surface area contributed by atoms with Crippen molar-refractivity contribution in [1.82, 2.24) is 5.32 Å². The smallest absolute Gasteiger partial charge is 0.0701 e. The summed E-state index contributed by atoms with van der Waals surface area (Å²) in [6.45, 7) is 6.68. The van der Waals surface area contributed by atoms with E-state index in [1.807, 2.05) is 0 Å². The van der Waals surface area contributed by atoms with Crippen LogP contribution in [0, 0.1) is 5.92 Å². The molecule has 0 aliphatic heterocycles. The standard InChI is InChI=1S/C15H31NO3/c1-3-14-4-6-15(7-5-14)16-8-9-18-12-13-19-11-10-17-2/h14-16H,3-13H2,1-2H3. The molecular formula is C15H31NO3. The molecule has 0 bridgehead atoms. The Kier molecular flexibility index (Phi) is 10.4. The fraction of sp³-hybridized carbons (Fsp3) is 1.00. The summed E-state index contributed by atoms with van der Waals surface area (Å²) in [5.41, 5.74) is 0. The predicted octanol–water partition coefficient (Wildman–Crippen LogP) is 2.22. The number of ether oxygens (including phenoxy) is 3. The van der Waals surface area contributed by atoms with Crippen molar-refractivity contribution < 1.29 is 14.2 Å². The third-order valence-corrected chi connectivity index (χ3v) is 3.91. The average molecular weight is 273 g/mol. The van der Waals surface area contributed by atoms with Crippen molar-refractivity contribution in [2.24, 2.45) is 5.92 Å². The molecule has 19 heavy (non-hydrogen) atoms. The zero-order chi connectivity index (χ0) is 13.8. The summed E-state index contributed by atoms with van der Waals surface area (Å²) in [6.07, 6.45) is 6.79. The first-order valence-corrected chi connectivity index (χ1v) is 7.74. The molecule has 1 fully saturated rings. The first kappa shape index (κ1) is 16.9. The highest BCUT2D eigenvalue weighted by molar-refractivity contribution is 4.76. The molecule has 1 aliphatic rings.